The van der Waals surface area contributed by atoms with Gasteiger partial charge in [0.1, 0.15) is 0 Å². The van der Waals surface area contributed by atoms with Crippen LogP contribution in [0.3, 0.4) is 0 Å². The Labute approximate surface area is 115 Å². The zero-order chi connectivity index (χ0) is 13.8. The van der Waals surface area contributed by atoms with Crippen molar-refractivity contribution in [3.63, 3.8) is 0 Å². The summed E-state index contributed by atoms with van der Waals surface area (Å²) in [4.78, 5) is 0. The van der Waals surface area contributed by atoms with E-state index in [1.165, 1.54) is 32.1 Å². The summed E-state index contributed by atoms with van der Waals surface area (Å²) >= 11 is 0. The van der Waals surface area contributed by atoms with E-state index in [9.17, 15) is 0 Å². The van der Waals surface area contributed by atoms with Gasteiger partial charge in [-0.25, -0.2) is 0 Å². The lowest BCUT2D eigenvalue weighted by Gasteiger charge is -2.32. The van der Waals surface area contributed by atoms with Crippen LogP contribution in [0.5, 0.6) is 0 Å². The van der Waals surface area contributed by atoms with Crippen molar-refractivity contribution >= 4 is 0 Å². The molecule has 1 unspecified atom stereocenters. The third-order valence-electron chi connectivity index (χ3n) is 4.56. The van der Waals surface area contributed by atoms with Crippen LogP contribution in [0.1, 0.15) is 73.6 Å². The second-order valence-electron chi connectivity index (χ2n) is 7.77. The summed E-state index contributed by atoms with van der Waals surface area (Å²) in [7, 11) is 0. The minimum atomic E-state index is 0.0308. The van der Waals surface area contributed by atoms with Crippen LogP contribution in [-0.2, 0) is 4.74 Å². The first-order valence-electron chi connectivity index (χ1n) is 7.92. The molecule has 0 amide bonds. The largest absolute Gasteiger partial charge is 0.376 e. The van der Waals surface area contributed by atoms with Gasteiger partial charge in [0, 0.05) is 0 Å². The molecule has 0 bridgehead atoms. The fourth-order valence-electron chi connectivity index (χ4n) is 2.80. The van der Waals surface area contributed by atoms with Crippen molar-refractivity contribution in [3.05, 3.63) is 0 Å². The molecule has 18 heavy (non-hydrogen) atoms. The highest BCUT2D eigenvalue weighted by atomic mass is 16.5. The van der Waals surface area contributed by atoms with Crippen LogP contribution in [0.15, 0.2) is 0 Å². The lowest BCUT2D eigenvalue weighted by Crippen LogP contribution is -2.26. The van der Waals surface area contributed by atoms with Crippen LogP contribution in [0, 0.1) is 23.7 Å². The second kappa shape index (κ2) is 6.93. The minimum Gasteiger partial charge on any atom is -0.376 e. The fraction of sp³-hybridized carbons (Fsp3) is 1.00. The van der Waals surface area contributed by atoms with Crippen LogP contribution in [0.25, 0.3) is 0 Å². The molecule has 0 aromatic rings. The topological polar surface area (TPSA) is 9.23 Å². The maximum absolute atomic E-state index is 5.92. The lowest BCUT2D eigenvalue weighted by atomic mass is 9.76. The summed E-state index contributed by atoms with van der Waals surface area (Å²) < 4.78 is 5.92. The van der Waals surface area contributed by atoms with Gasteiger partial charge in [-0.3, -0.25) is 0 Å². The maximum atomic E-state index is 5.92. The van der Waals surface area contributed by atoms with Crippen molar-refractivity contribution in [2.45, 2.75) is 79.2 Å². The Kier molecular flexibility index (Phi) is 6.17. The van der Waals surface area contributed by atoms with Crippen LogP contribution in [-0.4, -0.2) is 12.2 Å². The molecular weight excluding hydrogens is 220 g/mol. The summed E-state index contributed by atoms with van der Waals surface area (Å²) in [5.74, 6) is 3.52. The molecule has 1 saturated carbocycles. The Morgan fingerprint density at radius 3 is 1.89 bits per heavy atom. The first-order valence-corrected chi connectivity index (χ1v) is 7.92. The maximum Gasteiger partial charge on any atom is 0.0598 e. The van der Waals surface area contributed by atoms with Gasteiger partial charge in [0.05, 0.1) is 12.2 Å². The molecule has 0 spiro atoms. The van der Waals surface area contributed by atoms with Crippen molar-refractivity contribution in [1.82, 2.24) is 0 Å². The fourth-order valence-corrected chi connectivity index (χ4v) is 2.80. The van der Waals surface area contributed by atoms with E-state index in [-0.39, 0.29) is 5.60 Å². The van der Waals surface area contributed by atoms with Gasteiger partial charge in [-0.2, -0.15) is 0 Å². The number of hydrogen-bond donors (Lipinski definition) is 0. The van der Waals surface area contributed by atoms with E-state index in [0.29, 0.717) is 0 Å². The summed E-state index contributed by atoms with van der Waals surface area (Å²) in [5.41, 5.74) is 0.0308. The monoisotopic (exact) mass is 254 g/mol. The summed E-state index contributed by atoms with van der Waals surface area (Å²) in [6.07, 6.45) is 7.05. The Morgan fingerprint density at radius 2 is 1.44 bits per heavy atom. The van der Waals surface area contributed by atoms with Gasteiger partial charge in [0.25, 0.3) is 0 Å². The zero-order valence-electron chi connectivity index (χ0n) is 13.5. The van der Waals surface area contributed by atoms with E-state index in [4.69, 9.17) is 4.74 Å². The smallest absolute Gasteiger partial charge is 0.0598 e. The van der Waals surface area contributed by atoms with Crippen molar-refractivity contribution < 1.29 is 4.74 Å². The molecule has 1 fully saturated rings. The summed E-state index contributed by atoms with van der Waals surface area (Å²) in [6, 6.07) is 0. The zero-order valence-corrected chi connectivity index (χ0v) is 13.5. The molecule has 1 aliphatic carbocycles. The molecule has 0 saturated heterocycles. The third kappa shape index (κ3) is 6.22. The molecular formula is C17H34O. The van der Waals surface area contributed by atoms with Gasteiger partial charge in [0.2, 0.25) is 0 Å². The normalized spacial score (nSPS) is 27.5. The standard InChI is InChI=1S/C17H34O/c1-13(2)14(3)11-15-7-9-16(10-8-15)12-18-17(4,5)6/h13-16H,7-12H2,1-6H3. The van der Waals surface area contributed by atoms with Crippen molar-refractivity contribution in [2.24, 2.45) is 23.7 Å². The van der Waals surface area contributed by atoms with Crippen LogP contribution in [0.2, 0.25) is 0 Å². The molecule has 1 nitrogen and oxygen atoms in total. The quantitative estimate of drug-likeness (QED) is 0.647. The molecule has 0 aliphatic heterocycles. The van der Waals surface area contributed by atoms with E-state index in [2.05, 4.69) is 41.5 Å². The Morgan fingerprint density at radius 1 is 0.944 bits per heavy atom. The molecule has 1 rings (SSSR count). The Balaban J connectivity index is 2.20. The van der Waals surface area contributed by atoms with E-state index >= 15 is 0 Å². The molecule has 0 heterocycles. The number of rotatable bonds is 5. The molecule has 1 atom stereocenters. The van der Waals surface area contributed by atoms with E-state index in [1.807, 2.05) is 0 Å². The van der Waals surface area contributed by atoms with Crippen molar-refractivity contribution in [3.8, 4) is 0 Å². The average molecular weight is 254 g/mol. The number of hydrogen-bond acceptors (Lipinski definition) is 1. The highest BCUT2D eigenvalue weighted by molar-refractivity contribution is 4.75. The molecule has 0 radical (unpaired) electrons. The van der Waals surface area contributed by atoms with Gasteiger partial charge in [-0.15, -0.1) is 0 Å². The van der Waals surface area contributed by atoms with Crippen LogP contribution < -0.4 is 0 Å². The van der Waals surface area contributed by atoms with Gasteiger partial charge >= 0.3 is 0 Å². The molecule has 1 aliphatic rings. The molecule has 0 aromatic carbocycles. The van der Waals surface area contributed by atoms with Crippen LogP contribution in [0.4, 0.5) is 0 Å². The van der Waals surface area contributed by atoms with Gasteiger partial charge in [-0.05, 0) is 63.7 Å². The second-order valence-corrected chi connectivity index (χ2v) is 7.77. The van der Waals surface area contributed by atoms with Crippen molar-refractivity contribution in [2.75, 3.05) is 6.61 Å². The Bertz CT molecular complexity index is 218. The SMILES string of the molecule is CC(C)C(C)CC1CCC(COC(C)(C)C)CC1. The van der Waals surface area contributed by atoms with E-state index in [0.717, 1.165) is 30.3 Å². The van der Waals surface area contributed by atoms with Gasteiger partial charge < -0.3 is 4.74 Å². The first-order chi connectivity index (χ1) is 8.28. The molecule has 0 N–H and O–H groups in total. The molecule has 1 heteroatoms. The van der Waals surface area contributed by atoms with Crippen molar-refractivity contribution in [1.29, 1.82) is 0 Å². The number of ether oxygens (including phenoxy) is 1. The van der Waals surface area contributed by atoms with E-state index < -0.39 is 0 Å². The van der Waals surface area contributed by atoms with E-state index in [1.54, 1.807) is 0 Å². The van der Waals surface area contributed by atoms with Gasteiger partial charge in [-0.1, -0.05) is 33.6 Å². The molecule has 108 valence electrons. The predicted molar refractivity (Wildman–Crippen MR) is 79.8 cm³/mol. The lowest BCUT2D eigenvalue weighted by molar-refractivity contribution is -0.0307. The summed E-state index contributed by atoms with van der Waals surface area (Å²) in [6.45, 7) is 14.6. The highest BCUT2D eigenvalue weighted by Crippen LogP contribution is 2.34. The Hall–Kier alpha value is -0.0400. The third-order valence-corrected chi connectivity index (χ3v) is 4.56. The average Bonchev–Trinajstić information content (AvgIpc) is 2.27. The van der Waals surface area contributed by atoms with Crippen LogP contribution >= 0.6 is 0 Å². The first kappa shape index (κ1) is 16.0. The predicted octanol–water partition coefficient (Wildman–Crippen LogP) is 5.29. The minimum absolute atomic E-state index is 0.0308. The highest BCUT2D eigenvalue weighted by Gasteiger charge is 2.24. The molecule has 0 aromatic heterocycles. The summed E-state index contributed by atoms with van der Waals surface area (Å²) in [5, 5.41) is 0. The van der Waals surface area contributed by atoms with Gasteiger partial charge in [0.15, 0.2) is 0 Å².